The summed E-state index contributed by atoms with van der Waals surface area (Å²) in [6.45, 7) is 2.92. The van der Waals surface area contributed by atoms with E-state index in [-0.39, 0.29) is 0 Å². The van der Waals surface area contributed by atoms with E-state index in [1.807, 2.05) is 12.1 Å². The molecule has 0 unspecified atom stereocenters. The molecule has 0 spiro atoms. The molecule has 2 aromatic rings. The fourth-order valence-corrected chi connectivity index (χ4v) is 2.11. The monoisotopic (exact) mass is 192 g/mol. The molecule has 0 radical (unpaired) electrons. The Balaban J connectivity index is 2.37. The summed E-state index contributed by atoms with van der Waals surface area (Å²) in [5.41, 5.74) is 0. The van der Waals surface area contributed by atoms with E-state index in [0.29, 0.717) is 0 Å². The van der Waals surface area contributed by atoms with Gasteiger partial charge in [0.05, 0.1) is 6.61 Å². The molecule has 1 heterocycles. The van der Waals surface area contributed by atoms with Gasteiger partial charge in [-0.3, -0.25) is 0 Å². The van der Waals surface area contributed by atoms with Gasteiger partial charge in [0.25, 0.3) is 0 Å². The fraction of sp³-hybridized carbons (Fsp3) is 0.273. The van der Waals surface area contributed by atoms with Gasteiger partial charge >= 0.3 is 0 Å². The second-order valence-corrected chi connectivity index (χ2v) is 3.72. The van der Waals surface area contributed by atoms with Crippen molar-refractivity contribution in [1.82, 2.24) is 0 Å². The molecular weight excluding hydrogens is 180 g/mol. The third-order valence-corrected chi connectivity index (χ3v) is 2.70. The first kappa shape index (κ1) is 8.57. The summed E-state index contributed by atoms with van der Waals surface area (Å²) in [4.78, 5) is 0. The molecule has 0 amide bonds. The Labute approximate surface area is 82.0 Å². The smallest absolute Gasteiger partial charge is 0.127 e. The van der Waals surface area contributed by atoms with Crippen LogP contribution in [0.5, 0.6) is 5.75 Å². The van der Waals surface area contributed by atoms with Crippen LogP contribution in [0.2, 0.25) is 0 Å². The van der Waals surface area contributed by atoms with Gasteiger partial charge in [-0.2, -0.15) is 11.3 Å². The zero-order chi connectivity index (χ0) is 9.10. The number of thiophene rings is 1. The molecule has 13 heavy (non-hydrogen) atoms. The van der Waals surface area contributed by atoms with Gasteiger partial charge < -0.3 is 4.74 Å². The highest BCUT2D eigenvalue weighted by molar-refractivity contribution is 7.09. The number of ether oxygens (including phenoxy) is 1. The molecule has 0 fully saturated rings. The van der Waals surface area contributed by atoms with Crippen LogP contribution in [0.1, 0.15) is 13.3 Å². The molecule has 0 bridgehead atoms. The van der Waals surface area contributed by atoms with Crippen molar-refractivity contribution in [3.8, 4) is 5.75 Å². The number of rotatable bonds is 3. The van der Waals surface area contributed by atoms with Crippen LogP contribution in [0.3, 0.4) is 0 Å². The maximum atomic E-state index is 5.63. The van der Waals surface area contributed by atoms with Gasteiger partial charge in [0.1, 0.15) is 5.75 Å². The number of hydrogen-bond donors (Lipinski definition) is 0. The van der Waals surface area contributed by atoms with Crippen LogP contribution in [0, 0.1) is 0 Å². The summed E-state index contributed by atoms with van der Waals surface area (Å²) in [5, 5.41) is 6.80. The van der Waals surface area contributed by atoms with Gasteiger partial charge in [0.15, 0.2) is 0 Å². The topological polar surface area (TPSA) is 9.23 Å². The van der Waals surface area contributed by atoms with Crippen LogP contribution in [0.15, 0.2) is 29.0 Å². The molecule has 68 valence electrons. The molecule has 0 aliphatic heterocycles. The van der Waals surface area contributed by atoms with E-state index in [9.17, 15) is 0 Å². The molecule has 2 heteroatoms. The van der Waals surface area contributed by atoms with Crippen LogP contribution in [-0.4, -0.2) is 6.61 Å². The van der Waals surface area contributed by atoms with E-state index in [1.165, 1.54) is 10.8 Å². The van der Waals surface area contributed by atoms with Crippen LogP contribution in [0.4, 0.5) is 0 Å². The quantitative estimate of drug-likeness (QED) is 0.720. The first-order valence-corrected chi connectivity index (χ1v) is 5.44. The highest BCUT2D eigenvalue weighted by Crippen LogP contribution is 2.28. The summed E-state index contributed by atoms with van der Waals surface area (Å²) in [5.74, 6) is 1.01. The van der Waals surface area contributed by atoms with Crippen LogP contribution in [-0.2, 0) is 0 Å². The number of hydrogen-bond acceptors (Lipinski definition) is 2. The molecule has 0 N–H and O–H groups in total. The second-order valence-electron chi connectivity index (χ2n) is 2.98. The summed E-state index contributed by atoms with van der Waals surface area (Å²) < 4.78 is 5.63. The van der Waals surface area contributed by atoms with Gasteiger partial charge in [-0.1, -0.05) is 19.1 Å². The molecule has 0 aliphatic rings. The van der Waals surface area contributed by atoms with Crippen molar-refractivity contribution < 1.29 is 4.74 Å². The largest absolute Gasteiger partial charge is 0.493 e. The first-order chi connectivity index (χ1) is 6.42. The highest BCUT2D eigenvalue weighted by atomic mass is 32.1. The average Bonchev–Trinajstić information content (AvgIpc) is 2.62. The van der Waals surface area contributed by atoms with E-state index in [0.717, 1.165) is 18.8 Å². The van der Waals surface area contributed by atoms with Gasteiger partial charge in [-0.25, -0.2) is 0 Å². The predicted molar refractivity (Wildman–Crippen MR) is 57.6 cm³/mol. The maximum Gasteiger partial charge on any atom is 0.127 e. The van der Waals surface area contributed by atoms with E-state index in [4.69, 9.17) is 4.74 Å². The van der Waals surface area contributed by atoms with Crippen LogP contribution >= 0.6 is 11.3 Å². The third-order valence-electron chi connectivity index (χ3n) is 1.94. The van der Waals surface area contributed by atoms with Gasteiger partial charge in [-0.15, -0.1) is 0 Å². The standard InChI is InChI=1S/C11H12OS/c1-2-6-12-11-5-3-4-9-7-13-8-10(9)11/h3-5,7-8H,2,6H2,1H3. The summed E-state index contributed by atoms with van der Waals surface area (Å²) in [6.07, 6.45) is 1.06. The molecule has 1 aromatic heterocycles. The van der Waals surface area contributed by atoms with Crippen molar-refractivity contribution in [2.75, 3.05) is 6.61 Å². The lowest BCUT2D eigenvalue weighted by atomic mass is 10.2. The van der Waals surface area contributed by atoms with E-state index < -0.39 is 0 Å². The first-order valence-electron chi connectivity index (χ1n) is 4.49. The molecule has 0 atom stereocenters. The van der Waals surface area contributed by atoms with Gasteiger partial charge in [-0.05, 0) is 23.3 Å². The minimum Gasteiger partial charge on any atom is -0.493 e. The average molecular weight is 192 g/mol. The molecule has 2 rings (SSSR count). The Morgan fingerprint density at radius 2 is 2.23 bits per heavy atom. The van der Waals surface area contributed by atoms with E-state index in [1.54, 1.807) is 11.3 Å². The Kier molecular flexibility index (Phi) is 2.50. The molecule has 0 saturated heterocycles. The molecular formula is C11H12OS. The van der Waals surface area contributed by atoms with Gasteiger partial charge in [0.2, 0.25) is 0 Å². The van der Waals surface area contributed by atoms with Crippen LogP contribution < -0.4 is 4.74 Å². The lowest BCUT2D eigenvalue weighted by Crippen LogP contribution is -1.94. The lowest BCUT2D eigenvalue weighted by Gasteiger charge is -2.04. The zero-order valence-electron chi connectivity index (χ0n) is 7.62. The summed E-state index contributed by atoms with van der Waals surface area (Å²) in [7, 11) is 0. The third kappa shape index (κ3) is 1.68. The lowest BCUT2D eigenvalue weighted by molar-refractivity contribution is 0.321. The Morgan fingerprint density at radius 1 is 1.31 bits per heavy atom. The fourth-order valence-electron chi connectivity index (χ4n) is 1.30. The second kappa shape index (κ2) is 3.79. The van der Waals surface area contributed by atoms with Crippen molar-refractivity contribution in [3.05, 3.63) is 29.0 Å². The predicted octanol–water partition coefficient (Wildman–Crippen LogP) is 3.69. The minimum atomic E-state index is 0.801. The Bertz CT molecular complexity index is 392. The normalized spacial score (nSPS) is 10.5. The molecule has 0 saturated carbocycles. The van der Waals surface area contributed by atoms with Crippen molar-refractivity contribution in [2.24, 2.45) is 0 Å². The Hall–Kier alpha value is -1.02. The van der Waals surface area contributed by atoms with Crippen molar-refractivity contribution >= 4 is 22.1 Å². The maximum absolute atomic E-state index is 5.63. The highest BCUT2D eigenvalue weighted by Gasteiger charge is 2.00. The van der Waals surface area contributed by atoms with Crippen molar-refractivity contribution in [1.29, 1.82) is 0 Å². The van der Waals surface area contributed by atoms with Crippen molar-refractivity contribution in [2.45, 2.75) is 13.3 Å². The van der Waals surface area contributed by atoms with E-state index >= 15 is 0 Å². The van der Waals surface area contributed by atoms with Gasteiger partial charge in [0, 0.05) is 10.8 Å². The molecule has 1 nitrogen and oxygen atoms in total. The number of benzene rings is 1. The minimum absolute atomic E-state index is 0.801. The summed E-state index contributed by atoms with van der Waals surface area (Å²) >= 11 is 1.72. The van der Waals surface area contributed by atoms with E-state index in [2.05, 4.69) is 23.8 Å². The Morgan fingerprint density at radius 3 is 3.08 bits per heavy atom. The SMILES string of the molecule is CCCOc1cccc2cscc12. The van der Waals surface area contributed by atoms with Crippen molar-refractivity contribution in [3.63, 3.8) is 0 Å². The molecule has 1 aromatic carbocycles. The number of fused-ring (bicyclic) bond motifs is 1. The molecule has 0 aliphatic carbocycles. The zero-order valence-corrected chi connectivity index (χ0v) is 8.43. The van der Waals surface area contributed by atoms with Crippen LogP contribution in [0.25, 0.3) is 10.8 Å². The summed E-state index contributed by atoms with van der Waals surface area (Å²) in [6, 6.07) is 6.19.